The zero-order valence-corrected chi connectivity index (χ0v) is 11.0. The molecule has 96 valence electrons. The minimum absolute atomic E-state index is 0.466. The average Bonchev–Trinajstić information content (AvgIpc) is 2.71. The topological polar surface area (TPSA) is 64.1 Å². The molecule has 0 aliphatic carbocycles. The molecule has 0 bridgehead atoms. The van der Waals surface area contributed by atoms with Gasteiger partial charge in [0.1, 0.15) is 5.60 Å². The summed E-state index contributed by atoms with van der Waals surface area (Å²) in [6.45, 7) is 5.89. The molecule has 0 aliphatic rings. The lowest BCUT2D eigenvalue weighted by atomic mass is 10.1. The quantitative estimate of drug-likeness (QED) is 0.867. The fourth-order valence-corrected chi connectivity index (χ4v) is 1.91. The maximum absolute atomic E-state index is 10.00. The number of rotatable bonds is 3. The van der Waals surface area contributed by atoms with Gasteiger partial charge in [-0.05, 0) is 38.5 Å². The third-order valence-electron chi connectivity index (χ3n) is 2.95. The number of nitrogens with zero attached hydrogens (tertiary/aromatic N) is 2. The highest BCUT2D eigenvalue weighted by atomic mass is 16.3. The van der Waals surface area contributed by atoms with Crippen molar-refractivity contribution in [3.63, 3.8) is 0 Å². The summed E-state index contributed by atoms with van der Waals surface area (Å²) in [6.07, 6.45) is 0. The Hall–Kier alpha value is -1.65. The molecule has 0 unspecified atom stereocenters. The van der Waals surface area contributed by atoms with Crippen molar-refractivity contribution in [2.75, 3.05) is 0 Å². The van der Waals surface area contributed by atoms with Crippen molar-refractivity contribution in [2.45, 2.75) is 32.9 Å². The highest BCUT2D eigenvalue weighted by Gasteiger charge is 2.21. The lowest BCUT2D eigenvalue weighted by Gasteiger charge is -2.13. The normalized spacial score (nSPS) is 11.8. The van der Waals surface area contributed by atoms with Gasteiger partial charge >= 0.3 is 0 Å². The van der Waals surface area contributed by atoms with Crippen LogP contribution in [-0.4, -0.2) is 14.9 Å². The third kappa shape index (κ3) is 2.30. The molecule has 2 rings (SSSR count). The molecule has 18 heavy (non-hydrogen) atoms. The minimum Gasteiger partial charge on any atom is -0.384 e. The summed E-state index contributed by atoms with van der Waals surface area (Å²) in [6, 6.07) is 9.78. The Kier molecular flexibility index (Phi) is 3.24. The van der Waals surface area contributed by atoms with E-state index < -0.39 is 5.60 Å². The molecule has 0 amide bonds. The molecule has 1 aromatic heterocycles. The Morgan fingerprint density at radius 2 is 2.00 bits per heavy atom. The maximum Gasteiger partial charge on any atom is 0.103 e. The van der Waals surface area contributed by atoms with Crippen LogP contribution in [0.1, 0.15) is 30.8 Å². The zero-order chi connectivity index (χ0) is 13.3. The van der Waals surface area contributed by atoms with Crippen LogP contribution < -0.4 is 5.73 Å². The van der Waals surface area contributed by atoms with Crippen LogP contribution in [0.2, 0.25) is 0 Å². The molecular weight excluding hydrogens is 226 g/mol. The maximum atomic E-state index is 10.00. The van der Waals surface area contributed by atoms with Crippen LogP contribution in [0.4, 0.5) is 0 Å². The first-order valence-electron chi connectivity index (χ1n) is 6.01. The van der Waals surface area contributed by atoms with Gasteiger partial charge in [0.25, 0.3) is 0 Å². The third-order valence-corrected chi connectivity index (χ3v) is 2.95. The predicted molar refractivity (Wildman–Crippen MR) is 71.4 cm³/mol. The Morgan fingerprint density at radius 3 is 2.56 bits per heavy atom. The van der Waals surface area contributed by atoms with Gasteiger partial charge in [0.2, 0.25) is 0 Å². The van der Waals surface area contributed by atoms with Crippen LogP contribution in [0.15, 0.2) is 30.3 Å². The summed E-state index contributed by atoms with van der Waals surface area (Å²) in [5.74, 6) is 0. The first-order chi connectivity index (χ1) is 8.43. The Morgan fingerprint density at radius 1 is 1.33 bits per heavy atom. The highest BCUT2D eigenvalue weighted by molar-refractivity contribution is 5.42. The number of para-hydroxylation sites is 1. The number of benzene rings is 1. The number of aryl methyl sites for hydroxylation is 1. The number of aliphatic hydroxyl groups is 1. The van der Waals surface area contributed by atoms with E-state index in [-0.39, 0.29) is 0 Å². The van der Waals surface area contributed by atoms with Crippen molar-refractivity contribution in [2.24, 2.45) is 5.73 Å². The Bertz CT molecular complexity index is 552. The Labute approximate surface area is 107 Å². The first kappa shape index (κ1) is 12.8. The van der Waals surface area contributed by atoms with Gasteiger partial charge in [-0.2, -0.15) is 5.10 Å². The van der Waals surface area contributed by atoms with E-state index in [1.165, 1.54) is 0 Å². The second kappa shape index (κ2) is 4.55. The standard InChI is InChI=1S/C14H19N3O/c1-10-8-13(14(2,3)18)16-17(10)12-7-5-4-6-11(12)9-15/h4-8,18H,9,15H2,1-3H3. The summed E-state index contributed by atoms with van der Waals surface area (Å²) in [7, 11) is 0. The van der Waals surface area contributed by atoms with Gasteiger partial charge < -0.3 is 10.8 Å². The molecule has 0 saturated heterocycles. The SMILES string of the molecule is Cc1cc(C(C)(C)O)nn1-c1ccccc1CN. The zero-order valence-electron chi connectivity index (χ0n) is 11.0. The summed E-state index contributed by atoms with van der Waals surface area (Å²) < 4.78 is 1.83. The fraction of sp³-hybridized carbons (Fsp3) is 0.357. The van der Waals surface area contributed by atoms with E-state index in [4.69, 9.17) is 5.73 Å². The van der Waals surface area contributed by atoms with Crippen molar-refractivity contribution in [3.8, 4) is 5.69 Å². The molecule has 1 heterocycles. The molecule has 4 nitrogen and oxygen atoms in total. The van der Waals surface area contributed by atoms with E-state index in [2.05, 4.69) is 5.10 Å². The molecule has 0 saturated carbocycles. The molecule has 0 fully saturated rings. The number of hydrogen-bond donors (Lipinski definition) is 2. The molecule has 0 radical (unpaired) electrons. The summed E-state index contributed by atoms with van der Waals surface area (Å²) >= 11 is 0. The van der Waals surface area contributed by atoms with E-state index >= 15 is 0 Å². The van der Waals surface area contributed by atoms with Crippen LogP contribution >= 0.6 is 0 Å². The van der Waals surface area contributed by atoms with Gasteiger partial charge in [-0.15, -0.1) is 0 Å². The second-order valence-corrected chi connectivity index (χ2v) is 4.97. The van der Waals surface area contributed by atoms with E-state index in [1.54, 1.807) is 13.8 Å². The molecule has 0 atom stereocenters. The van der Waals surface area contributed by atoms with Crippen LogP contribution in [0, 0.1) is 6.92 Å². The summed E-state index contributed by atoms with van der Waals surface area (Å²) in [4.78, 5) is 0. The first-order valence-corrected chi connectivity index (χ1v) is 6.01. The number of hydrogen-bond acceptors (Lipinski definition) is 3. The van der Waals surface area contributed by atoms with Crippen molar-refractivity contribution in [3.05, 3.63) is 47.3 Å². The number of aromatic nitrogens is 2. The second-order valence-electron chi connectivity index (χ2n) is 4.97. The summed E-state index contributed by atoms with van der Waals surface area (Å²) in [5, 5.41) is 14.5. The fourth-order valence-electron chi connectivity index (χ4n) is 1.91. The molecule has 1 aromatic carbocycles. The lowest BCUT2D eigenvalue weighted by Crippen LogP contribution is -2.17. The van der Waals surface area contributed by atoms with E-state index in [0.29, 0.717) is 12.2 Å². The Balaban J connectivity index is 2.55. The monoisotopic (exact) mass is 245 g/mol. The van der Waals surface area contributed by atoms with Gasteiger partial charge in [0.05, 0.1) is 11.4 Å². The summed E-state index contributed by atoms with van der Waals surface area (Å²) in [5.41, 5.74) is 8.44. The van der Waals surface area contributed by atoms with Crippen LogP contribution in [-0.2, 0) is 12.1 Å². The smallest absolute Gasteiger partial charge is 0.103 e. The van der Waals surface area contributed by atoms with Gasteiger partial charge in [0.15, 0.2) is 0 Å². The molecule has 3 N–H and O–H groups in total. The van der Waals surface area contributed by atoms with Crippen LogP contribution in [0.3, 0.4) is 0 Å². The minimum atomic E-state index is -0.937. The molecule has 4 heteroatoms. The van der Waals surface area contributed by atoms with Gasteiger partial charge in [-0.25, -0.2) is 4.68 Å². The van der Waals surface area contributed by atoms with Gasteiger partial charge in [-0.3, -0.25) is 0 Å². The largest absolute Gasteiger partial charge is 0.384 e. The molecule has 0 aliphatic heterocycles. The van der Waals surface area contributed by atoms with Crippen molar-refractivity contribution >= 4 is 0 Å². The molecule has 2 aromatic rings. The van der Waals surface area contributed by atoms with Gasteiger partial charge in [-0.1, -0.05) is 18.2 Å². The van der Waals surface area contributed by atoms with E-state index in [0.717, 1.165) is 16.9 Å². The van der Waals surface area contributed by atoms with Crippen molar-refractivity contribution in [1.29, 1.82) is 0 Å². The number of nitrogens with two attached hydrogens (primary N) is 1. The van der Waals surface area contributed by atoms with Gasteiger partial charge in [0, 0.05) is 12.2 Å². The van der Waals surface area contributed by atoms with Crippen molar-refractivity contribution in [1.82, 2.24) is 9.78 Å². The molecular formula is C14H19N3O. The average molecular weight is 245 g/mol. The van der Waals surface area contributed by atoms with Crippen LogP contribution in [0.5, 0.6) is 0 Å². The van der Waals surface area contributed by atoms with E-state index in [9.17, 15) is 5.11 Å². The van der Waals surface area contributed by atoms with Crippen LogP contribution in [0.25, 0.3) is 5.69 Å². The lowest BCUT2D eigenvalue weighted by molar-refractivity contribution is 0.0734. The molecule has 0 spiro atoms. The highest BCUT2D eigenvalue weighted by Crippen LogP contribution is 2.22. The van der Waals surface area contributed by atoms with E-state index in [1.807, 2.05) is 41.9 Å². The predicted octanol–water partition coefficient (Wildman–Crippen LogP) is 1.87. The van der Waals surface area contributed by atoms with Crippen molar-refractivity contribution < 1.29 is 5.11 Å².